The Labute approximate surface area is 110 Å². The van der Waals surface area contributed by atoms with Gasteiger partial charge in [-0.25, -0.2) is 0 Å². The SMILES string of the molecule is O=C(O)[C@H]1[C@H](C(=O)Nc2ccncc2)[C@H]2C=C[C@H]1C2. The van der Waals surface area contributed by atoms with Gasteiger partial charge in [0, 0.05) is 18.1 Å². The third-order valence-corrected chi connectivity index (χ3v) is 4.00. The van der Waals surface area contributed by atoms with Crippen LogP contribution in [-0.4, -0.2) is 22.0 Å². The number of carboxylic acid groups (broad SMARTS) is 1. The Hall–Kier alpha value is -2.17. The number of aromatic nitrogens is 1. The maximum atomic E-state index is 12.3. The number of carbonyl (C=O) groups excluding carboxylic acids is 1. The Morgan fingerprint density at radius 2 is 1.79 bits per heavy atom. The maximum Gasteiger partial charge on any atom is 0.307 e. The molecule has 1 aromatic heterocycles. The van der Waals surface area contributed by atoms with Gasteiger partial charge in [-0.3, -0.25) is 14.6 Å². The number of nitrogens with zero attached hydrogens (tertiary/aromatic N) is 1. The topological polar surface area (TPSA) is 79.3 Å². The summed E-state index contributed by atoms with van der Waals surface area (Å²) in [6, 6.07) is 3.38. The molecule has 1 fully saturated rings. The summed E-state index contributed by atoms with van der Waals surface area (Å²) in [5, 5.41) is 12.1. The fraction of sp³-hybridized carbons (Fsp3) is 0.357. The second kappa shape index (κ2) is 4.50. The van der Waals surface area contributed by atoms with Gasteiger partial charge < -0.3 is 10.4 Å². The molecular formula is C14H14N2O3. The Kier molecular flexibility index (Phi) is 2.81. The highest BCUT2D eigenvalue weighted by atomic mass is 16.4. The van der Waals surface area contributed by atoms with Gasteiger partial charge in [0.05, 0.1) is 11.8 Å². The number of aliphatic carboxylic acids is 1. The molecule has 2 bridgehead atoms. The van der Waals surface area contributed by atoms with Crippen LogP contribution in [0.1, 0.15) is 6.42 Å². The number of amides is 1. The van der Waals surface area contributed by atoms with Crippen LogP contribution in [0.3, 0.4) is 0 Å². The molecule has 19 heavy (non-hydrogen) atoms. The Bertz CT molecular complexity index is 541. The first-order valence-electron chi connectivity index (χ1n) is 6.29. The molecule has 1 aromatic rings. The first-order valence-corrected chi connectivity index (χ1v) is 6.29. The average Bonchev–Trinajstić information content (AvgIpc) is 2.99. The second-order valence-electron chi connectivity index (χ2n) is 5.06. The van der Waals surface area contributed by atoms with Crippen molar-refractivity contribution in [2.24, 2.45) is 23.7 Å². The van der Waals surface area contributed by atoms with Crippen molar-refractivity contribution in [2.45, 2.75) is 6.42 Å². The van der Waals surface area contributed by atoms with Crippen LogP contribution in [0.5, 0.6) is 0 Å². The highest BCUT2D eigenvalue weighted by Crippen LogP contribution is 2.48. The number of nitrogens with one attached hydrogen (secondary N) is 1. The number of pyridine rings is 1. The van der Waals surface area contributed by atoms with Crippen molar-refractivity contribution in [3.05, 3.63) is 36.7 Å². The van der Waals surface area contributed by atoms with Gasteiger partial charge in [-0.2, -0.15) is 0 Å². The lowest BCUT2D eigenvalue weighted by atomic mass is 9.82. The minimum absolute atomic E-state index is 0.00399. The molecule has 2 N–H and O–H groups in total. The molecule has 5 heteroatoms. The van der Waals surface area contributed by atoms with Gasteiger partial charge in [0.1, 0.15) is 0 Å². The first kappa shape index (κ1) is 11.9. The molecule has 0 spiro atoms. The van der Waals surface area contributed by atoms with E-state index < -0.39 is 17.8 Å². The van der Waals surface area contributed by atoms with E-state index in [2.05, 4.69) is 10.3 Å². The number of anilines is 1. The van der Waals surface area contributed by atoms with Gasteiger partial charge >= 0.3 is 5.97 Å². The molecule has 98 valence electrons. The lowest BCUT2D eigenvalue weighted by molar-refractivity contribution is -0.146. The summed E-state index contributed by atoms with van der Waals surface area (Å²) in [7, 11) is 0. The number of rotatable bonds is 3. The quantitative estimate of drug-likeness (QED) is 0.806. The Morgan fingerprint density at radius 3 is 2.42 bits per heavy atom. The smallest absolute Gasteiger partial charge is 0.307 e. The molecule has 2 aliphatic rings. The van der Waals surface area contributed by atoms with Gasteiger partial charge in [-0.1, -0.05) is 12.2 Å². The largest absolute Gasteiger partial charge is 0.481 e. The van der Waals surface area contributed by atoms with Crippen molar-refractivity contribution in [3.8, 4) is 0 Å². The molecule has 4 atom stereocenters. The minimum atomic E-state index is -0.883. The zero-order valence-corrected chi connectivity index (χ0v) is 10.2. The third-order valence-electron chi connectivity index (χ3n) is 4.00. The Balaban J connectivity index is 1.79. The molecular weight excluding hydrogens is 244 g/mol. The molecule has 2 aliphatic carbocycles. The van der Waals surface area contributed by atoms with E-state index in [0.29, 0.717) is 5.69 Å². The van der Waals surface area contributed by atoms with Crippen molar-refractivity contribution < 1.29 is 14.7 Å². The molecule has 0 radical (unpaired) electrons. The molecule has 1 saturated carbocycles. The van der Waals surface area contributed by atoms with Crippen molar-refractivity contribution in [2.75, 3.05) is 5.32 Å². The molecule has 3 rings (SSSR count). The highest BCUT2D eigenvalue weighted by molar-refractivity contribution is 5.96. The fourth-order valence-electron chi connectivity index (χ4n) is 3.18. The molecule has 0 aromatic carbocycles. The van der Waals surface area contributed by atoms with Crippen LogP contribution >= 0.6 is 0 Å². The minimum Gasteiger partial charge on any atom is -0.481 e. The van der Waals surface area contributed by atoms with E-state index in [-0.39, 0.29) is 17.7 Å². The average molecular weight is 258 g/mol. The zero-order valence-electron chi connectivity index (χ0n) is 10.2. The van der Waals surface area contributed by atoms with Gasteiger partial charge in [-0.15, -0.1) is 0 Å². The van der Waals surface area contributed by atoms with Gasteiger partial charge in [-0.05, 0) is 30.4 Å². The molecule has 1 heterocycles. The van der Waals surface area contributed by atoms with E-state index in [4.69, 9.17) is 0 Å². The number of carboxylic acids is 1. The maximum absolute atomic E-state index is 12.3. The fourth-order valence-corrected chi connectivity index (χ4v) is 3.18. The standard InChI is InChI=1S/C14H14N2O3/c17-13(16-10-3-5-15-6-4-10)11-8-1-2-9(7-8)12(11)14(18)19/h1-6,8-9,11-12H,7H2,(H,18,19)(H,15,16,17)/t8-,9-,11+,12+/m0/s1. The number of fused-ring (bicyclic) bond motifs is 2. The van der Waals surface area contributed by atoms with Gasteiger partial charge in [0.2, 0.25) is 5.91 Å². The number of carbonyl (C=O) groups is 2. The highest BCUT2D eigenvalue weighted by Gasteiger charge is 2.51. The molecule has 0 aliphatic heterocycles. The van der Waals surface area contributed by atoms with Crippen molar-refractivity contribution in [1.82, 2.24) is 4.98 Å². The molecule has 0 saturated heterocycles. The third kappa shape index (κ3) is 2.01. The van der Waals surface area contributed by atoms with Gasteiger partial charge in [0.25, 0.3) is 0 Å². The number of hydrogen-bond donors (Lipinski definition) is 2. The summed E-state index contributed by atoms with van der Waals surface area (Å²) < 4.78 is 0. The number of hydrogen-bond acceptors (Lipinski definition) is 3. The lowest BCUT2D eigenvalue weighted by Gasteiger charge is -2.23. The van der Waals surface area contributed by atoms with Crippen molar-refractivity contribution >= 4 is 17.6 Å². The molecule has 0 unspecified atom stereocenters. The van der Waals surface area contributed by atoms with Crippen molar-refractivity contribution in [1.29, 1.82) is 0 Å². The van der Waals surface area contributed by atoms with E-state index in [1.165, 1.54) is 0 Å². The first-order chi connectivity index (χ1) is 9.16. The lowest BCUT2D eigenvalue weighted by Crippen LogP contribution is -2.36. The van der Waals surface area contributed by atoms with Crippen molar-refractivity contribution in [3.63, 3.8) is 0 Å². The zero-order chi connectivity index (χ0) is 13.4. The van der Waals surface area contributed by atoms with E-state index >= 15 is 0 Å². The van der Waals surface area contributed by atoms with Crippen LogP contribution in [0, 0.1) is 23.7 Å². The Morgan fingerprint density at radius 1 is 1.16 bits per heavy atom. The van der Waals surface area contributed by atoms with Crippen LogP contribution in [0.2, 0.25) is 0 Å². The van der Waals surface area contributed by atoms with E-state index in [1.54, 1.807) is 24.5 Å². The molecule has 5 nitrogen and oxygen atoms in total. The van der Waals surface area contributed by atoms with Crippen LogP contribution in [0.25, 0.3) is 0 Å². The predicted molar refractivity (Wildman–Crippen MR) is 68.2 cm³/mol. The van der Waals surface area contributed by atoms with Gasteiger partial charge in [0.15, 0.2) is 0 Å². The summed E-state index contributed by atoms with van der Waals surface area (Å²) >= 11 is 0. The summed E-state index contributed by atoms with van der Waals surface area (Å²) in [6.07, 6.45) is 7.85. The number of allylic oxidation sites excluding steroid dienone is 2. The van der Waals surface area contributed by atoms with E-state index in [1.807, 2.05) is 12.2 Å². The summed E-state index contributed by atoms with van der Waals surface area (Å²) in [4.78, 5) is 27.5. The summed E-state index contributed by atoms with van der Waals surface area (Å²) in [5.41, 5.74) is 0.649. The predicted octanol–water partition coefficient (Wildman–Crippen LogP) is 1.54. The second-order valence-corrected chi connectivity index (χ2v) is 5.06. The van der Waals surface area contributed by atoms with E-state index in [9.17, 15) is 14.7 Å². The normalized spacial score (nSPS) is 31.4. The van der Waals surface area contributed by atoms with Crippen LogP contribution in [-0.2, 0) is 9.59 Å². The van der Waals surface area contributed by atoms with Crippen LogP contribution in [0.15, 0.2) is 36.7 Å². The van der Waals surface area contributed by atoms with E-state index in [0.717, 1.165) is 6.42 Å². The van der Waals surface area contributed by atoms with Crippen LogP contribution < -0.4 is 5.32 Å². The summed E-state index contributed by atoms with van der Waals surface area (Å²) in [6.45, 7) is 0. The van der Waals surface area contributed by atoms with Crippen LogP contribution in [0.4, 0.5) is 5.69 Å². The summed E-state index contributed by atoms with van der Waals surface area (Å²) in [5.74, 6) is -2.12. The monoisotopic (exact) mass is 258 g/mol. The molecule has 1 amide bonds.